The third-order valence-corrected chi connectivity index (χ3v) is 4.95. The van der Waals surface area contributed by atoms with Gasteiger partial charge in [0.2, 0.25) is 0 Å². The Labute approximate surface area is 178 Å². The first-order valence-electron chi connectivity index (χ1n) is 9.74. The van der Waals surface area contributed by atoms with Crippen LogP contribution in [-0.2, 0) is 9.53 Å². The monoisotopic (exact) mass is 401 g/mol. The maximum absolute atomic E-state index is 13.0. The number of benzene rings is 1. The number of nitriles is 1. The first-order valence-corrected chi connectivity index (χ1v) is 9.74. The van der Waals surface area contributed by atoms with Crippen LogP contribution in [0.25, 0.3) is 0 Å². The summed E-state index contributed by atoms with van der Waals surface area (Å²) in [5.41, 5.74) is 5.31. The Kier molecular flexibility index (Phi) is 7.38. The van der Waals surface area contributed by atoms with Crippen LogP contribution in [-0.4, -0.2) is 17.7 Å². The average molecular weight is 402 g/mol. The summed E-state index contributed by atoms with van der Waals surface area (Å²) in [5.74, 6) is -1.05. The minimum atomic E-state index is -0.611. The van der Waals surface area contributed by atoms with E-state index in [0.29, 0.717) is 27.9 Å². The molecule has 0 fully saturated rings. The molecule has 1 aromatic carbocycles. The minimum absolute atomic E-state index is 0.0283. The Morgan fingerprint density at radius 3 is 2.57 bits per heavy atom. The fourth-order valence-corrected chi connectivity index (χ4v) is 3.56. The molecule has 0 saturated carbocycles. The van der Waals surface area contributed by atoms with Crippen molar-refractivity contribution in [1.82, 2.24) is 0 Å². The number of hydrogen-bond donors (Lipinski definition) is 1. The van der Waals surface area contributed by atoms with Crippen molar-refractivity contribution in [1.29, 1.82) is 5.26 Å². The van der Waals surface area contributed by atoms with E-state index in [4.69, 9.17) is 4.74 Å². The number of aliphatic hydroxyl groups is 1. The molecule has 1 aliphatic rings. The van der Waals surface area contributed by atoms with Crippen LogP contribution in [0.5, 0.6) is 0 Å². The predicted octanol–water partition coefficient (Wildman–Crippen LogP) is 5.90. The van der Waals surface area contributed by atoms with E-state index < -0.39 is 11.9 Å². The number of aliphatic hydroxyl groups excluding tert-OH is 1. The SMILES string of the molecule is C=C/C(C)=C(/C(=O)OCC)[C@H](C1=CC(C)=CC(=C)C=C1O)c1ccc(C#N)cc1C. The van der Waals surface area contributed by atoms with Gasteiger partial charge in [-0.1, -0.05) is 43.0 Å². The van der Waals surface area contributed by atoms with Gasteiger partial charge in [-0.05, 0) is 68.2 Å². The van der Waals surface area contributed by atoms with Gasteiger partial charge in [-0.2, -0.15) is 5.26 Å². The standard InChI is InChI=1S/C26H27NO3/c1-7-18(5)24(26(29)30-8-2)25(21-10-9-20(15-27)14-19(21)6)22-12-16(3)11-17(4)13-23(22)28/h7,9-14,25,28H,1,4,8H2,2-3,5-6H3/b24-18+/t25-/m0/s1. The Bertz CT molecular complexity index is 1060. The lowest BCUT2D eigenvalue weighted by Crippen LogP contribution is -2.20. The van der Waals surface area contributed by atoms with Crippen molar-refractivity contribution in [3.05, 3.63) is 106 Å². The van der Waals surface area contributed by atoms with Crippen LogP contribution in [0.4, 0.5) is 0 Å². The zero-order chi connectivity index (χ0) is 22.4. The van der Waals surface area contributed by atoms with Crippen molar-refractivity contribution in [2.24, 2.45) is 0 Å². The van der Waals surface area contributed by atoms with Crippen LogP contribution in [0, 0.1) is 18.3 Å². The first-order chi connectivity index (χ1) is 14.2. The minimum Gasteiger partial charge on any atom is -0.508 e. The highest BCUT2D eigenvalue weighted by atomic mass is 16.5. The summed E-state index contributed by atoms with van der Waals surface area (Å²) in [4.78, 5) is 13.0. The van der Waals surface area contributed by atoms with E-state index in [-0.39, 0.29) is 12.4 Å². The zero-order valence-corrected chi connectivity index (χ0v) is 18.0. The summed E-state index contributed by atoms with van der Waals surface area (Å²) in [6.45, 7) is 15.3. The maximum Gasteiger partial charge on any atom is 0.335 e. The number of rotatable bonds is 6. The van der Waals surface area contributed by atoms with E-state index in [1.54, 1.807) is 38.1 Å². The second-order valence-electron chi connectivity index (χ2n) is 7.23. The topological polar surface area (TPSA) is 70.3 Å². The van der Waals surface area contributed by atoms with E-state index in [0.717, 1.165) is 16.7 Å². The van der Waals surface area contributed by atoms with Crippen LogP contribution >= 0.6 is 0 Å². The van der Waals surface area contributed by atoms with Crippen LogP contribution < -0.4 is 0 Å². The fourth-order valence-electron chi connectivity index (χ4n) is 3.56. The molecule has 0 radical (unpaired) electrons. The Balaban J connectivity index is 2.89. The number of carbonyl (C=O) groups is 1. The van der Waals surface area contributed by atoms with Gasteiger partial charge in [0, 0.05) is 11.5 Å². The number of nitrogens with zero attached hydrogens (tertiary/aromatic N) is 1. The Morgan fingerprint density at radius 1 is 1.30 bits per heavy atom. The van der Waals surface area contributed by atoms with Crippen molar-refractivity contribution in [3.63, 3.8) is 0 Å². The smallest absolute Gasteiger partial charge is 0.335 e. The summed E-state index contributed by atoms with van der Waals surface area (Å²) < 4.78 is 5.36. The molecule has 0 spiro atoms. The van der Waals surface area contributed by atoms with Crippen molar-refractivity contribution < 1.29 is 14.6 Å². The van der Waals surface area contributed by atoms with Gasteiger partial charge < -0.3 is 9.84 Å². The molecule has 1 N–H and O–H groups in total. The van der Waals surface area contributed by atoms with Gasteiger partial charge in [-0.25, -0.2) is 4.79 Å². The van der Waals surface area contributed by atoms with E-state index in [1.807, 2.05) is 32.1 Å². The summed E-state index contributed by atoms with van der Waals surface area (Å²) in [6.07, 6.45) is 6.90. The zero-order valence-electron chi connectivity index (χ0n) is 18.0. The molecule has 1 aromatic rings. The number of esters is 1. The number of hydrogen-bond acceptors (Lipinski definition) is 4. The molecule has 0 heterocycles. The molecular weight excluding hydrogens is 374 g/mol. The van der Waals surface area contributed by atoms with Gasteiger partial charge in [0.05, 0.1) is 23.8 Å². The molecule has 4 heteroatoms. The van der Waals surface area contributed by atoms with E-state index >= 15 is 0 Å². The molecule has 0 unspecified atom stereocenters. The van der Waals surface area contributed by atoms with Crippen LogP contribution in [0.1, 0.15) is 43.4 Å². The maximum atomic E-state index is 13.0. The van der Waals surface area contributed by atoms with Gasteiger partial charge >= 0.3 is 5.97 Å². The molecule has 4 nitrogen and oxygen atoms in total. The average Bonchev–Trinajstić information content (AvgIpc) is 2.82. The Morgan fingerprint density at radius 2 is 2.00 bits per heavy atom. The molecule has 1 atom stereocenters. The lowest BCUT2D eigenvalue weighted by atomic mass is 9.79. The lowest BCUT2D eigenvalue weighted by Gasteiger charge is -2.26. The fraction of sp³-hybridized carbons (Fsp3) is 0.231. The molecule has 1 aliphatic carbocycles. The third-order valence-electron chi connectivity index (χ3n) is 4.95. The lowest BCUT2D eigenvalue weighted by molar-refractivity contribution is -0.138. The number of allylic oxidation sites excluding steroid dienone is 8. The van der Waals surface area contributed by atoms with Gasteiger partial charge in [0.25, 0.3) is 0 Å². The molecule has 154 valence electrons. The summed E-state index contributed by atoms with van der Waals surface area (Å²) in [6, 6.07) is 7.44. The molecule has 0 amide bonds. The van der Waals surface area contributed by atoms with Crippen LogP contribution in [0.3, 0.4) is 0 Å². The summed E-state index contributed by atoms with van der Waals surface area (Å²) >= 11 is 0. The second-order valence-corrected chi connectivity index (χ2v) is 7.23. The van der Waals surface area contributed by atoms with Crippen molar-refractivity contribution >= 4 is 5.97 Å². The number of ether oxygens (including phenoxy) is 1. The van der Waals surface area contributed by atoms with Crippen LogP contribution in [0.15, 0.2) is 89.3 Å². The van der Waals surface area contributed by atoms with Crippen molar-refractivity contribution in [3.8, 4) is 6.07 Å². The van der Waals surface area contributed by atoms with Gasteiger partial charge in [0.15, 0.2) is 0 Å². The second kappa shape index (κ2) is 9.76. The Hall–Kier alpha value is -3.58. The summed E-state index contributed by atoms with van der Waals surface area (Å²) in [5, 5.41) is 20.2. The van der Waals surface area contributed by atoms with E-state index in [9.17, 15) is 15.2 Å². The highest BCUT2D eigenvalue weighted by Gasteiger charge is 2.32. The molecule has 0 bridgehead atoms. The van der Waals surface area contributed by atoms with Crippen LogP contribution in [0.2, 0.25) is 0 Å². The highest BCUT2D eigenvalue weighted by Crippen LogP contribution is 2.41. The normalized spacial score (nSPS) is 15.6. The predicted molar refractivity (Wildman–Crippen MR) is 120 cm³/mol. The summed E-state index contributed by atoms with van der Waals surface area (Å²) in [7, 11) is 0. The molecule has 30 heavy (non-hydrogen) atoms. The van der Waals surface area contributed by atoms with E-state index in [2.05, 4.69) is 19.2 Å². The number of carbonyl (C=O) groups excluding carboxylic acids is 1. The van der Waals surface area contributed by atoms with Crippen molar-refractivity contribution in [2.75, 3.05) is 6.61 Å². The molecule has 0 aromatic heterocycles. The quantitative estimate of drug-likeness (QED) is 0.366. The molecule has 0 saturated heterocycles. The molecule has 2 rings (SSSR count). The van der Waals surface area contributed by atoms with Gasteiger partial charge in [-0.15, -0.1) is 0 Å². The third kappa shape index (κ3) is 4.87. The van der Waals surface area contributed by atoms with Crippen molar-refractivity contribution in [2.45, 2.75) is 33.6 Å². The largest absolute Gasteiger partial charge is 0.508 e. The van der Waals surface area contributed by atoms with Gasteiger partial charge in [0.1, 0.15) is 5.76 Å². The first kappa shape index (κ1) is 22.7. The molecule has 0 aliphatic heterocycles. The van der Waals surface area contributed by atoms with Gasteiger partial charge in [-0.3, -0.25) is 0 Å². The van der Waals surface area contributed by atoms with E-state index in [1.165, 1.54) is 0 Å². The number of aryl methyl sites for hydroxylation is 1. The molecular formula is C26H27NO3. The highest BCUT2D eigenvalue weighted by molar-refractivity contribution is 5.93.